The fraction of sp³-hybridized carbons (Fsp3) is 0.500. The standard InChI is InChI=1S/C14H21N3O/c1-17(10-14(18)16-9-12-2-3-12)13-6-4-11(8-15)5-7-13/h4-7,12H,2-3,8-10,15H2,1H3,(H,16,18). The Kier molecular flexibility index (Phi) is 4.20. The minimum absolute atomic E-state index is 0.0901. The van der Waals surface area contributed by atoms with E-state index in [1.165, 1.54) is 12.8 Å². The van der Waals surface area contributed by atoms with Crippen LogP contribution >= 0.6 is 0 Å². The van der Waals surface area contributed by atoms with Gasteiger partial charge >= 0.3 is 0 Å². The van der Waals surface area contributed by atoms with Crippen LogP contribution in [0.4, 0.5) is 5.69 Å². The molecule has 18 heavy (non-hydrogen) atoms. The Morgan fingerprint density at radius 1 is 1.39 bits per heavy atom. The first-order valence-corrected chi connectivity index (χ1v) is 6.46. The number of carbonyl (C=O) groups is 1. The Balaban J connectivity index is 1.81. The SMILES string of the molecule is CN(CC(=O)NCC1CC1)c1ccc(CN)cc1. The maximum atomic E-state index is 11.7. The molecule has 1 aromatic rings. The number of nitrogens with two attached hydrogens (primary N) is 1. The summed E-state index contributed by atoms with van der Waals surface area (Å²) >= 11 is 0. The molecule has 4 heteroatoms. The summed E-state index contributed by atoms with van der Waals surface area (Å²) in [6.45, 7) is 1.78. The molecule has 1 amide bonds. The molecule has 0 spiro atoms. The van der Waals surface area contributed by atoms with Gasteiger partial charge in [0.05, 0.1) is 6.54 Å². The number of nitrogens with one attached hydrogen (secondary N) is 1. The fourth-order valence-electron chi connectivity index (χ4n) is 1.83. The lowest BCUT2D eigenvalue weighted by Crippen LogP contribution is -2.36. The maximum Gasteiger partial charge on any atom is 0.239 e. The van der Waals surface area contributed by atoms with Crippen LogP contribution in [0.15, 0.2) is 24.3 Å². The van der Waals surface area contributed by atoms with E-state index in [4.69, 9.17) is 5.73 Å². The van der Waals surface area contributed by atoms with E-state index in [0.29, 0.717) is 13.1 Å². The largest absolute Gasteiger partial charge is 0.365 e. The van der Waals surface area contributed by atoms with E-state index in [-0.39, 0.29) is 5.91 Å². The molecule has 0 aliphatic heterocycles. The van der Waals surface area contributed by atoms with E-state index < -0.39 is 0 Å². The van der Waals surface area contributed by atoms with Gasteiger partial charge in [-0.25, -0.2) is 0 Å². The van der Waals surface area contributed by atoms with E-state index >= 15 is 0 Å². The molecule has 1 fully saturated rings. The maximum absolute atomic E-state index is 11.7. The third-order valence-corrected chi connectivity index (χ3v) is 3.28. The first kappa shape index (κ1) is 12.9. The highest BCUT2D eigenvalue weighted by atomic mass is 16.2. The molecule has 0 heterocycles. The zero-order valence-electron chi connectivity index (χ0n) is 10.9. The van der Waals surface area contributed by atoms with E-state index in [9.17, 15) is 4.79 Å². The van der Waals surface area contributed by atoms with Crippen molar-refractivity contribution in [2.24, 2.45) is 11.7 Å². The summed E-state index contributed by atoms with van der Waals surface area (Å²) in [5.74, 6) is 0.815. The summed E-state index contributed by atoms with van der Waals surface area (Å²) in [5.41, 5.74) is 7.69. The number of nitrogens with zero attached hydrogens (tertiary/aromatic N) is 1. The van der Waals surface area contributed by atoms with Crippen LogP contribution in [0.5, 0.6) is 0 Å². The van der Waals surface area contributed by atoms with Crippen molar-refractivity contribution < 1.29 is 4.79 Å². The van der Waals surface area contributed by atoms with Gasteiger partial charge in [0, 0.05) is 25.8 Å². The first-order valence-electron chi connectivity index (χ1n) is 6.46. The van der Waals surface area contributed by atoms with Crippen molar-refractivity contribution in [2.75, 3.05) is 25.0 Å². The number of benzene rings is 1. The fourth-order valence-corrected chi connectivity index (χ4v) is 1.83. The van der Waals surface area contributed by atoms with Gasteiger partial charge in [-0.15, -0.1) is 0 Å². The van der Waals surface area contributed by atoms with Crippen molar-refractivity contribution in [3.63, 3.8) is 0 Å². The van der Waals surface area contributed by atoms with Gasteiger partial charge in [0.2, 0.25) is 5.91 Å². The molecular weight excluding hydrogens is 226 g/mol. The minimum atomic E-state index is 0.0901. The molecule has 98 valence electrons. The van der Waals surface area contributed by atoms with E-state index in [0.717, 1.165) is 23.7 Å². The van der Waals surface area contributed by atoms with Gasteiger partial charge in [-0.1, -0.05) is 12.1 Å². The molecule has 0 atom stereocenters. The van der Waals surface area contributed by atoms with Gasteiger partial charge in [-0.05, 0) is 36.5 Å². The summed E-state index contributed by atoms with van der Waals surface area (Å²) in [5, 5.41) is 2.97. The quantitative estimate of drug-likeness (QED) is 0.791. The van der Waals surface area contributed by atoms with E-state index in [2.05, 4.69) is 5.32 Å². The van der Waals surface area contributed by atoms with Crippen molar-refractivity contribution in [1.82, 2.24) is 5.32 Å². The van der Waals surface area contributed by atoms with Crippen molar-refractivity contribution in [3.05, 3.63) is 29.8 Å². The Bertz CT molecular complexity index is 398. The van der Waals surface area contributed by atoms with Crippen LogP contribution in [0.3, 0.4) is 0 Å². The predicted octanol–water partition coefficient (Wildman–Crippen LogP) is 1.11. The summed E-state index contributed by atoms with van der Waals surface area (Å²) in [4.78, 5) is 13.7. The van der Waals surface area contributed by atoms with Gasteiger partial charge in [0.15, 0.2) is 0 Å². The third kappa shape index (κ3) is 3.74. The van der Waals surface area contributed by atoms with Crippen LogP contribution in [-0.2, 0) is 11.3 Å². The van der Waals surface area contributed by atoms with Gasteiger partial charge in [-0.3, -0.25) is 4.79 Å². The van der Waals surface area contributed by atoms with Crippen molar-refractivity contribution in [3.8, 4) is 0 Å². The molecule has 1 aliphatic rings. The van der Waals surface area contributed by atoms with Gasteiger partial charge in [0.1, 0.15) is 0 Å². The van der Waals surface area contributed by atoms with Crippen LogP contribution in [0, 0.1) is 5.92 Å². The van der Waals surface area contributed by atoms with Gasteiger partial charge in [-0.2, -0.15) is 0 Å². The van der Waals surface area contributed by atoms with E-state index in [1.54, 1.807) is 0 Å². The lowest BCUT2D eigenvalue weighted by atomic mass is 10.2. The van der Waals surface area contributed by atoms with Crippen molar-refractivity contribution in [2.45, 2.75) is 19.4 Å². The topological polar surface area (TPSA) is 58.4 Å². The highest BCUT2D eigenvalue weighted by Crippen LogP contribution is 2.27. The number of hydrogen-bond donors (Lipinski definition) is 2. The van der Waals surface area contributed by atoms with Crippen LogP contribution < -0.4 is 16.0 Å². The smallest absolute Gasteiger partial charge is 0.239 e. The van der Waals surface area contributed by atoms with Crippen LogP contribution in [0.1, 0.15) is 18.4 Å². The van der Waals surface area contributed by atoms with Crippen LogP contribution in [0.25, 0.3) is 0 Å². The number of anilines is 1. The number of carbonyl (C=O) groups excluding carboxylic acids is 1. The van der Waals surface area contributed by atoms with Crippen molar-refractivity contribution in [1.29, 1.82) is 0 Å². The van der Waals surface area contributed by atoms with Crippen LogP contribution in [-0.4, -0.2) is 26.0 Å². The Morgan fingerprint density at radius 2 is 2.06 bits per heavy atom. The molecular formula is C14H21N3O. The molecule has 4 nitrogen and oxygen atoms in total. The summed E-state index contributed by atoms with van der Waals surface area (Å²) in [6.07, 6.45) is 2.52. The zero-order chi connectivity index (χ0) is 13.0. The molecule has 0 aromatic heterocycles. The normalized spacial score (nSPS) is 14.3. The van der Waals surface area contributed by atoms with Gasteiger partial charge in [0.25, 0.3) is 0 Å². The monoisotopic (exact) mass is 247 g/mol. The molecule has 2 rings (SSSR count). The van der Waals surface area contributed by atoms with Gasteiger partial charge < -0.3 is 16.0 Å². The second-order valence-corrected chi connectivity index (χ2v) is 4.97. The third-order valence-electron chi connectivity index (χ3n) is 3.28. The average molecular weight is 247 g/mol. The molecule has 0 radical (unpaired) electrons. The Labute approximate surface area is 108 Å². The lowest BCUT2D eigenvalue weighted by Gasteiger charge is -2.19. The van der Waals surface area contributed by atoms with Crippen LogP contribution in [0.2, 0.25) is 0 Å². The second-order valence-electron chi connectivity index (χ2n) is 4.97. The molecule has 0 saturated heterocycles. The van der Waals surface area contributed by atoms with Crippen molar-refractivity contribution >= 4 is 11.6 Å². The zero-order valence-corrected chi connectivity index (χ0v) is 10.9. The summed E-state index contributed by atoms with van der Waals surface area (Å²) in [6, 6.07) is 7.98. The molecule has 0 unspecified atom stereocenters. The molecule has 1 saturated carbocycles. The molecule has 1 aliphatic carbocycles. The Hall–Kier alpha value is -1.55. The number of rotatable bonds is 6. The summed E-state index contributed by atoms with van der Waals surface area (Å²) in [7, 11) is 1.92. The number of likely N-dealkylation sites (N-methyl/N-ethyl adjacent to an activating group) is 1. The Morgan fingerprint density at radius 3 is 2.61 bits per heavy atom. The highest BCUT2D eigenvalue weighted by molar-refractivity contribution is 5.81. The number of amides is 1. The molecule has 3 N–H and O–H groups in total. The second kappa shape index (κ2) is 5.87. The average Bonchev–Trinajstić information content (AvgIpc) is 3.20. The number of hydrogen-bond acceptors (Lipinski definition) is 3. The molecule has 1 aromatic carbocycles. The molecule has 0 bridgehead atoms. The highest BCUT2D eigenvalue weighted by Gasteiger charge is 2.21. The summed E-state index contributed by atoms with van der Waals surface area (Å²) < 4.78 is 0. The minimum Gasteiger partial charge on any atom is -0.365 e. The first-order chi connectivity index (χ1) is 8.69. The van der Waals surface area contributed by atoms with E-state index in [1.807, 2.05) is 36.2 Å². The predicted molar refractivity (Wildman–Crippen MR) is 73.3 cm³/mol. The lowest BCUT2D eigenvalue weighted by molar-refractivity contribution is -0.119.